The van der Waals surface area contributed by atoms with Gasteiger partial charge in [-0.05, 0) is 24.6 Å². The number of nitro groups is 1. The number of halogens is 2. The highest BCUT2D eigenvalue weighted by atomic mass is 35.5. The lowest BCUT2D eigenvalue weighted by Crippen LogP contribution is -1.97. The number of aryl methyl sites for hydroxylation is 1. The fraction of sp³-hybridized carbons (Fsp3) is 0.143. The molecule has 0 atom stereocenters. The third-order valence-corrected chi connectivity index (χ3v) is 3.30. The summed E-state index contributed by atoms with van der Waals surface area (Å²) in [6, 6.07) is 9.77. The van der Waals surface area contributed by atoms with Crippen molar-refractivity contribution in [3.63, 3.8) is 0 Å². The molecule has 0 unspecified atom stereocenters. The second kappa shape index (κ2) is 6.11. The second-order valence-corrected chi connectivity index (χ2v) is 4.87. The zero-order valence-electron chi connectivity index (χ0n) is 10.6. The van der Waals surface area contributed by atoms with E-state index in [1.54, 1.807) is 37.3 Å². The minimum Gasteiger partial charge on any atom is -0.449 e. The van der Waals surface area contributed by atoms with Crippen LogP contribution in [0.1, 0.15) is 11.1 Å². The Bertz CT molecular complexity index is 659. The maximum absolute atomic E-state index is 11.1. The molecule has 20 heavy (non-hydrogen) atoms. The van der Waals surface area contributed by atoms with E-state index < -0.39 is 4.92 Å². The number of hydrogen-bond donors (Lipinski definition) is 0. The van der Waals surface area contributed by atoms with Gasteiger partial charge in [-0.2, -0.15) is 0 Å². The first kappa shape index (κ1) is 14.6. The number of alkyl halides is 1. The summed E-state index contributed by atoms with van der Waals surface area (Å²) in [5.74, 6) is 0.850. The summed E-state index contributed by atoms with van der Waals surface area (Å²) in [4.78, 5) is 10.6. The lowest BCUT2D eigenvalue weighted by molar-refractivity contribution is -0.385. The van der Waals surface area contributed by atoms with Crippen molar-refractivity contribution >= 4 is 28.9 Å². The summed E-state index contributed by atoms with van der Waals surface area (Å²) in [5.41, 5.74) is 1.29. The van der Waals surface area contributed by atoms with E-state index >= 15 is 0 Å². The molecule has 0 spiro atoms. The van der Waals surface area contributed by atoms with E-state index in [9.17, 15) is 10.1 Å². The largest absolute Gasteiger partial charge is 0.449 e. The van der Waals surface area contributed by atoms with Gasteiger partial charge in [0.1, 0.15) is 5.75 Å². The van der Waals surface area contributed by atoms with Gasteiger partial charge in [0.25, 0.3) is 0 Å². The van der Waals surface area contributed by atoms with Crippen LogP contribution in [0.5, 0.6) is 11.5 Å². The van der Waals surface area contributed by atoms with Gasteiger partial charge in [0.05, 0.1) is 10.8 Å². The number of nitrogens with zero attached hydrogens (tertiary/aromatic N) is 1. The van der Waals surface area contributed by atoms with E-state index in [1.165, 1.54) is 6.07 Å². The average Bonchev–Trinajstić information content (AvgIpc) is 2.41. The van der Waals surface area contributed by atoms with E-state index in [-0.39, 0.29) is 17.3 Å². The van der Waals surface area contributed by atoms with Crippen LogP contribution < -0.4 is 4.74 Å². The van der Waals surface area contributed by atoms with E-state index in [0.717, 1.165) is 0 Å². The van der Waals surface area contributed by atoms with Crippen LogP contribution in [0.15, 0.2) is 36.4 Å². The van der Waals surface area contributed by atoms with Crippen LogP contribution in [0.4, 0.5) is 5.69 Å². The molecule has 0 aliphatic rings. The minimum absolute atomic E-state index is 0.0921. The van der Waals surface area contributed by atoms with Gasteiger partial charge < -0.3 is 4.74 Å². The molecule has 104 valence electrons. The Morgan fingerprint density at radius 1 is 1.30 bits per heavy atom. The van der Waals surface area contributed by atoms with Gasteiger partial charge in [0.15, 0.2) is 0 Å². The molecule has 0 aliphatic carbocycles. The Morgan fingerprint density at radius 3 is 2.70 bits per heavy atom. The predicted octanol–water partition coefficient (Wildman–Crippen LogP) is 5.09. The molecular formula is C14H11Cl2NO3. The van der Waals surface area contributed by atoms with Gasteiger partial charge in [-0.3, -0.25) is 10.1 Å². The Balaban J connectivity index is 2.50. The van der Waals surface area contributed by atoms with Crippen molar-refractivity contribution in [2.75, 3.05) is 0 Å². The fourth-order valence-corrected chi connectivity index (χ4v) is 2.14. The highest BCUT2D eigenvalue weighted by Crippen LogP contribution is 2.37. The first-order valence-corrected chi connectivity index (χ1v) is 6.70. The Kier molecular flexibility index (Phi) is 4.47. The van der Waals surface area contributed by atoms with Crippen molar-refractivity contribution < 1.29 is 9.66 Å². The van der Waals surface area contributed by atoms with E-state index in [4.69, 9.17) is 27.9 Å². The van der Waals surface area contributed by atoms with Crippen molar-refractivity contribution in [2.24, 2.45) is 0 Å². The zero-order chi connectivity index (χ0) is 14.7. The molecule has 0 saturated heterocycles. The molecule has 0 amide bonds. The molecular weight excluding hydrogens is 301 g/mol. The van der Waals surface area contributed by atoms with Crippen molar-refractivity contribution in [1.82, 2.24) is 0 Å². The molecule has 0 bridgehead atoms. The third kappa shape index (κ3) is 3.03. The number of benzene rings is 2. The van der Waals surface area contributed by atoms with Crippen molar-refractivity contribution in [3.05, 3.63) is 62.7 Å². The Morgan fingerprint density at radius 2 is 2.05 bits per heavy atom. The zero-order valence-corrected chi connectivity index (χ0v) is 12.1. The molecule has 0 aliphatic heterocycles. The number of rotatable bonds is 4. The third-order valence-electron chi connectivity index (χ3n) is 2.77. The number of ether oxygens (including phenoxy) is 1. The molecule has 2 rings (SSSR count). The summed E-state index contributed by atoms with van der Waals surface area (Å²) in [6.45, 7) is 1.74. The first-order chi connectivity index (χ1) is 9.52. The number of nitro benzene ring substituents is 1. The summed E-state index contributed by atoms with van der Waals surface area (Å²) in [5, 5.41) is 11.5. The maximum atomic E-state index is 11.1. The molecule has 6 heteroatoms. The molecule has 0 N–H and O–H groups in total. The van der Waals surface area contributed by atoms with Gasteiger partial charge in [-0.25, -0.2) is 0 Å². The second-order valence-electron chi connectivity index (χ2n) is 4.17. The molecule has 2 aromatic rings. The normalized spacial score (nSPS) is 10.3. The lowest BCUT2D eigenvalue weighted by Gasteiger charge is -2.12. The van der Waals surface area contributed by atoms with E-state index in [1.807, 2.05) is 0 Å². The van der Waals surface area contributed by atoms with Gasteiger partial charge in [0.2, 0.25) is 5.75 Å². The number of hydrogen-bond acceptors (Lipinski definition) is 3. The van der Waals surface area contributed by atoms with E-state index in [2.05, 4.69) is 0 Å². The van der Waals surface area contributed by atoms with Gasteiger partial charge in [-0.15, -0.1) is 11.6 Å². The molecule has 4 nitrogen and oxygen atoms in total. The fourth-order valence-electron chi connectivity index (χ4n) is 1.76. The molecule has 0 radical (unpaired) electrons. The summed E-state index contributed by atoms with van der Waals surface area (Å²) >= 11 is 11.8. The topological polar surface area (TPSA) is 52.4 Å². The highest BCUT2D eigenvalue weighted by Gasteiger charge is 2.19. The predicted molar refractivity (Wildman–Crippen MR) is 78.9 cm³/mol. The molecule has 0 aromatic heterocycles. The lowest BCUT2D eigenvalue weighted by atomic mass is 10.2. The van der Waals surface area contributed by atoms with Crippen LogP contribution >= 0.6 is 23.2 Å². The quantitative estimate of drug-likeness (QED) is 0.449. The molecule has 2 aromatic carbocycles. The van der Waals surface area contributed by atoms with Crippen molar-refractivity contribution in [3.8, 4) is 11.5 Å². The smallest absolute Gasteiger partial charge is 0.311 e. The monoisotopic (exact) mass is 311 g/mol. The minimum atomic E-state index is -0.479. The van der Waals surface area contributed by atoms with Crippen LogP contribution in [0.25, 0.3) is 0 Å². The van der Waals surface area contributed by atoms with Crippen LogP contribution in [-0.2, 0) is 5.88 Å². The van der Waals surface area contributed by atoms with Crippen LogP contribution in [0.2, 0.25) is 5.02 Å². The van der Waals surface area contributed by atoms with Gasteiger partial charge in [0, 0.05) is 16.7 Å². The summed E-state index contributed by atoms with van der Waals surface area (Å²) < 4.78 is 5.69. The number of para-hydroxylation sites is 1. The van der Waals surface area contributed by atoms with Crippen LogP contribution in [-0.4, -0.2) is 4.92 Å². The standard InChI is InChI=1S/C14H11Cl2NO3/c1-9-3-2-4-12(17(18)19)14(9)20-13-7-11(16)6-5-10(13)8-15/h2-7H,8H2,1H3. The van der Waals surface area contributed by atoms with Crippen molar-refractivity contribution in [1.29, 1.82) is 0 Å². The molecule has 0 saturated carbocycles. The van der Waals surface area contributed by atoms with E-state index in [0.29, 0.717) is 21.9 Å². The Labute approximate surface area is 126 Å². The summed E-state index contributed by atoms with van der Waals surface area (Å²) in [6.07, 6.45) is 0. The SMILES string of the molecule is Cc1cccc([N+](=O)[O-])c1Oc1cc(Cl)ccc1CCl. The van der Waals surface area contributed by atoms with Crippen LogP contribution in [0.3, 0.4) is 0 Å². The van der Waals surface area contributed by atoms with Crippen molar-refractivity contribution in [2.45, 2.75) is 12.8 Å². The van der Waals surface area contributed by atoms with Crippen LogP contribution in [0, 0.1) is 17.0 Å². The highest BCUT2D eigenvalue weighted by molar-refractivity contribution is 6.30. The Hall–Kier alpha value is -1.78. The molecule has 0 heterocycles. The first-order valence-electron chi connectivity index (χ1n) is 5.79. The average molecular weight is 312 g/mol. The maximum Gasteiger partial charge on any atom is 0.311 e. The van der Waals surface area contributed by atoms with Gasteiger partial charge in [-0.1, -0.05) is 29.8 Å². The summed E-state index contributed by atoms with van der Waals surface area (Å²) in [7, 11) is 0. The molecule has 0 fully saturated rings. The van der Waals surface area contributed by atoms with Gasteiger partial charge >= 0.3 is 5.69 Å².